The van der Waals surface area contributed by atoms with Crippen molar-refractivity contribution in [1.29, 1.82) is 0 Å². The van der Waals surface area contributed by atoms with Crippen molar-refractivity contribution < 1.29 is 9.69 Å². The number of likely N-dealkylation sites (N-methyl/N-ethyl adjacent to an activating group) is 1. The van der Waals surface area contributed by atoms with Gasteiger partial charge in [-0.2, -0.15) is 0 Å². The molecule has 0 radical (unpaired) electrons. The number of carbonyl (C=O) groups is 1. The first-order valence-electron chi connectivity index (χ1n) is 9.68. The zero-order valence-electron chi connectivity index (χ0n) is 15.5. The molecular weight excluding hydrogens is 374 g/mol. The monoisotopic (exact) mass is 398 g/mol. The quantitative estimate of drug-likeness (QED) is 0.718. The Morgan fingerprint density at radius 2 is 2.15 bits per heavy atom. The fourth-order valence-corrected chi connectivity index (χ4v) is 6.25. The average molecular weight is 399 g/mol. The molecule has 1 aliphatic carbocycles. The van der Waals surface area contributed by atoms with Crippen molar-refractivity contribution in [1.82, 2.24) is 9.88 Å². The number of thiazole rings is 1. The number of hydrogen-bond acceptors (Lipinski definition) is 4. The number of carbonyl (C=O) groups excluding carboxylic acids is 1. The molecule has 3 aromatic rings. The van der Waals surface area contributed by atoms with Gasteiger partial charge in [-0.25, -0.2) is 4.98 Å². The summed E-state index contributed by atoms with van der Waals surface area (Å²) >= 11 is 3.58. The van der Waals surface area contributed by atoms with E-state index >= 15 is 0 Å². The summed E-state index contributed by atoms with van der Waals surface area (Å²) in [6.45, 7) is 2.27. The summed E-state index contributed by atoms with van der Waals surface area (Å²) in [6.07, 6.45) is 3.75. The van der Waals surface area contributed by atoms with Crippen molar-refractivity contribution in [3.8, 4) is 0 Å². The highest BCUT2D eigenvalue weighted by molar-refractivity contribution is 7.18. The standard InChI is InChI=1S/C21H23N3OS2/c1-23(12-19-22-16-4-2-3-5-18(16)27-19)20(25)13-24-10-8-17-15(9-11-26-17)21(24)14-6-7-14/h2-5,9,11,14,21H,6-8,10,12-13H2,1H3/p+1/t21-/m1/s1. The normalized spacial score (nSPS) is 22.0. The third-order valence-electron chi connectivity index (χ3n) is 5.84. The van der Waals surface area contributed by atoms with E-state index in [0.717, 1.165) is 29.4 Å². The van der Waals surface area contributed by atoms with E-state index in [1.165, 1.54) is 28.0 Å². The predicted octanol–water partition coefficient (Wildman–Crippen LogP) is 2.91. The molecule has 27 heavy (non-hydrogen) atoms. The molecule has 1 fully saturated rings. The Morgan fingerprint density at radius 1 is 1.30 bits per heavy atom. The molecule has 2 atom stereocenters. The van der Waals surface area contributed by atoms with E-state index in [1.54, 1.807) is 16.2 Å². The van der Waals surface area contributed by atoms with E-state index in [-0.39, 0.29) is 5.91 Å². The van der Waals surface area contributed by atoms with Gasteiger partial charge < -0.3 is 9.80 Å². The zero-order valence-corrected chi connectivity index (χ0v) is 17.1. The molecule has 4 nitrogen and oxygen atoms in total. The minimum absolute atomic E-state index is 0.230. The van der Waals surface area contributed by atoms with Gasteiger partial charge in [-0.1, -0.05) is 12.1 Å². The number of amides is 1. The third kappa shape index (κ3) is 3.42. The highest BCUT2D eigenvalue weighted by Crippen LogP contribution is 2.42. The molecule has 1 saturated carbocycles. The second-order valence-electron chi connectivity index (χ2n) is 7.77. The molecule has 1 amide bonds. The Bertz CT molecular complexity index is 942. The fraction of sp³-hybridized carbons (Fsp3) is 0.429. The molecule has 2 aliphatic rings. The Morgan fingerprint density at radius 3 is 2.96 bits per heavy atom. The first-order chi connectivity index (χ1) is 13.2. The van der Waals surface area contributed by atoms with E-state index in [9.17, 15) is 4.79 Å². The maximum absolute atomic E-state index is 13.0. The van der Waals surface area contributed by atoms with Crippen LogP contribution in [0.15, 0.2) is 35.7 Å². The van der Waals surface area contributed by atoms with E-state index < -0.39 is 0 Å². The van der Waals surface area contributed by atoms with Crippen molar-refractivity contribution in [3.63, 3.8) is 0 Å². The van der Waals surface area contributed by atoms with Gasteiger partial charge in [0.15, 0.2) is 6.54 Å². The lowest BCUT2D eigenvalue weighted by Crippen LogP contribution is -3.14. The van der Waals surface area contributed by atoms with Crippen LogP contribution in [0.3, 0.4) is 0 Å². The molecule has 1 aliphatic heterocycles. The minimum Gasteiger partial charge on any atom is -0.334 e. The SMILES string of the molecule is CN(Cc1nc2ccccc2s1)C(=O)C[NH+]1CCc2sccc2[C@H]1C1CC1. The Kier molecular flexibility index (Phi) is 4.50. The summed E-state index contributed by atoms with van der Waals surface area (Å²) < 4.78 is 1.19. The minimum atomic E-state index is 0.230. The Balaban J connectivity index is 1.28. The van der Waals surface area contributed by atoms with Gasteiger partial charge in [0.25, 0.3) is 5.91 Å². The molecule has 0 saturated heterocycles. The Labute approximate surface area is 167 Å². The predicted molar refractivity (Wildman–Crippen MR) is 110 cm³/mol. The van der Waals surface area contributed by atoms with E-state index in [2.05, 4.69) is 22.5 Å². The van der Waals surface area contributed by atoms with E-state index in [4.69, 9.17) is 0 Å². The van der Waals surface area contributed by atoms with E-state index in [1.807, 2.05) is 41.5 Å². The topological polar surface area (TPSA) is 37.6 Å². The summed E-state index contributed by atoms with van der Waals surface area (Å²) in [6, 6.07) is 11.0. The Hall–Kier alpha value is -1.76. The summed E-state index contributed by atoms with van der Waals surface area (Å²) in [5, 5.41) is 3.24. The lowest BCUT2D eigenvalue weighted by atomic mass is 9.96. The maximum Gasteiger partial charge on any atom is 0.277 e. The van der Waals surface area contributed by atoms with Crippen LogP contribution in [0.4, 0.5) is 0 Å². The van der Waals surface area contributed by atoms with Crippen LogP contribution in [0.5, 0.6) is 0 Å². The van der Waals surface area contributed by atoms with Crippen LogP contribution in [0.2, 0.25) is 0 Å². The van der Waals surface area contributed by atoms with Crippen LogP contribution in [0, 0.1) is 5.92 Å². The van der Waals surface area contributed by atoms with E-state index in [0.29, 0.717) is 19.1 Å². The van der Waals surface area contributed by atoms with Crippen molar-refractivity contribution in [2.45, 2.75) is 31.8 Å². The fourth-order valence-electron chi connectivity index (χ4n) is 4.30. The highest BCUT2D eigenvalue weighted by Gasteiger charge is 2.43. The number of benzene rings is 1. The number of quaternary nitrogens is 1. The first-order valence-corrected chi connectivity index (χ1v) is 11.4. The molecule has 1 N–H and O–H groups in total. The van der Waals surface area contributed by atoms with Crippen LogP contribution in [-0.4, -0.2) is 35.9 Å². The number of hydrogen-bond donors (Lipinski definition) is 1. The van der Waals surface area contributed by atoms with Crippen LogP contribution >= 0.6 is 22.7 Å². The lowest BCUT2D eigenvalue weighted by molar-refractivity contribution is -0.929. The average Bonchev–Trinajstić information content (AvgIpc) is 3.24. The number of aromatic nitrogens is 1. The summed E-state index contributed by atoms with van der Waals surface area (Å²) in [5.41, 5.74) is 2.55. The molecule has 5 rings (SSSR count). The van der Waals surface area contributed by atoms with Gasteiger partial charge in [0.05, 0.1) is 23.3 Å². The summed E-state index contributed by atoms with van der Waals surface area (Å²) in [5.74, 6) is 1.00. The van der Waals surface area contributed by atoms with Crippen LogP contribution in [0.1, 0.15) is 34.3 Å². The van der Waals surface area contributed by atoms with Gasteiger partial charge in [0, 0.05) is 29.8 Å². The molecule has 3 heterocycles. The molecular formula is C21H24N3OS2+. The molecule has 0 spiro atoms. The van der Waals surface area contributed by atoms with Crippen molar-refractivity contribution >= 4 is 38.8 Å². The number of thiophene rings is 1. The molecule has 2 aromatic heterocycles. The zero-order chi connectivity index (χ0) is 18.4. The van der Waals surface area contributed by atoms with Gasteiger partial charge in [0.2, 0.25) is 0 Å². The number of nitrogens with zero attached hydrogens (tertiary/aromatic N) is 2. The van der Waals surface area contributed by atoms with Gasteiger partial charge in [-0.05, 0) is 36.4 Å². The number of nitrogens with one attached hydrogen (secondary N) is 1. The maximum atomic E-state index is 13.0. The first kappa shape index (κ1) is 17.3. The van der Waals surface area contributed by atoms with Gasteiger partial charge in [0.1, 0.15) is 11.0 Å². The van der Waals surface area contributed by atoms with Crippen molar-refractivity contribution in [2.24, 2.45) is 5.92 Å². The van der Waals surface area contributed by atoms with Crippen LogP contribution in [-0.2, 0) is 17.8 Å². The molecule has 1 unspecified atom stereocenters. The molecule has 1 aromatic carbocycles. The molecule has 6 heteroatoms. The third-order valence-corrected chi connectivity index (χ3v) is 7.85. The van der Waals surface area contributed by atoms with Gasteiger partial charge >= 0.3 is 0 Å². The molecule has 140 valence electrons. The summed E-state index contributed by atoms with van der Waals surface area (Å²) in [4.78, 5) is 22.5. The largest absolute Gasteiger partial charge is 0.334 e. The smallest absolute Gasteiger partial charge is 0.277 e. The second kappa shape index (κ2) is 7.00. The lowest BCUT2D eigenvalue weighted by Gasteiger charge is -2.33. The molecule has 0 bridgehead atoms. The van der Waals surface area contributed by atoms with Gasteiger partial charge in [-0.3, -0.25) is 4.79 Å². The van der Waals surface area contributed by atoms with Gasteiger partial charge in [-0.15, -0.1) is 22.7 Å². The second-order valence-corrected chi connectivity index (χ2v) is 9.89. The highest BCUT2D eigenvalue weighted by atomic mass is 32.1. The van der Waals surface area contributed by atoms with Crippen LogP contribution in [0.25, 0.3) is 10.2 Å². The van der Waals surface area contributed by atoms with Crippen molar-refractivity contribution in [3.05, 3.63) is 51.2 Å². The van der Waals surface area contributed by atoms with Crippen molar-refractivity contribution in [2.75, 3.05) is 20.1 Å². The number of fused-ring (bicyclic) bond motifs is 2. The van der Waals surface area contributed by atoms with Crippen LogP contribution < -0.4 is 4.90 Å². The number of para-hydroxylation sites is 1. The summed E-state index contributed by atoms with van der Waals surface area (Å²) in [7, 11) is 1.92. The number of rotatable bonds is 5.